The molecule has 0 amide bonds. The number of fused-ring (bicyclic) bond motifs is 1. The molecular weight excluding hydrogens is 194 g/mol. The Kier molecular flexibility index (Phi) is 2.96. The largest absolute Gasteiger partial charge is 0.314 e. The lowest BCUT2D eigenvalue weighted by Gasteiger charge is -2.18. The van der Waals surface area contributed by atoms with Crippen LogP contribution in [-0.2, 0) is 19.3 Å². The zero-order valence-corrected chi connectivity index (χ0v) is 9.97. The zero-order chi connectivity index (χ0) is 10.8. The summed E-state index contributed by atoms with van der Waals surface area (Å²) in [6.07, 6.45) is 9.33. The summed E-state index contributed by atoms with van der Waals surface area (Å²) in [5, 5.41) is 3.59. The molecule has 0 spiro atoms. The molecule has 16 heavy (non-hydrogen) atoms. The van der Waals surface area contributed by atoms with Crippen LogP contribution in [0.1, 0.15) is 42.4 Å². The minimum absolute atomic E-state index is 0.738. The minimum Gasteiger partial charge on any atom is -0.314 e. The quantitative estimate of drug-likeness (QED) is 0.800. The van der Waals surface area contributed by atoms with E-state index in [1.54, 1.807) is 16.7 Å². The Hall–Kier alpha value is -0.820. The molecule has 1 heterocycles. The van der Waals surface area contributed by atoms with Crippen LogP contribution in [0.15, 0.2) is 18.2 Å². The topological polar surface area (TPSA) is 12.0 Å². The van der Waals surface area contributed by atoms with E-state index in [0.29, 0.717) is 0 Å². The molecule has 1 aliphatic heterocycles. The van der Waals surface area contributed by atoms with Crippen LogP contribution < -0.4 is 5.32 Å². The maximum Gasteiger partial charge on any atom is 0.0108 e. The van der Waals surface area contributed by atoms with Crippen molar-refractivity contribution in [1.29, 1.82) is 0 Å². The molecule has 1 aromatic carbocycles. The molecule has 1 unspecified atom stereocenters. The number of hydrogen-bond donors (Lipinski definition) is 1. The van der Waals surface area contributed by atoms with E-state index in [0.717, 1.165) is 6.04 Å². The van der Waals surface area contributed by atoms with Gasteiger partial charge in [0.1, 0.15) is 0 Å². The minimum atomic E-state index is 0.738. The van der Waals surface area contributed by atoms with Crippen molar-refractivity contribution in [3.8, 4) is 0 Å². The van der Waals surface area contributed by atoms with Crippen LogP contribution in [-0.4, -0.2) is 12.6 Å². The van der Waals surface area contributed by atoms with E-state index >= 15 is 0 Å². The first-order chi connectivity index (χ1) is 7.92. The van der Waals surface area contributed by atoms with Gasteiger partial charge in [0.25, 0.3) is 0 Å². The van der Waals surface area contributed by atoms with Gasteiger partial charge in [-0.2, -0.15) is 0 Å². The molecule has 0 saturated carbocycles. The molecule has 86 valence electrons. The van der Waals surface area contributed by atoms with Gasteiger partial charge in [-0.1, -0.05) is 18.2 Å². The molecule has 1 N–H and O–H groups in total. The van der Waals surface area contributed by atoms with E-state index in [-0.39, 0.29) is 0 Å². The molecule has 1 fully saturated rings. The van der Waals surface area contributed by atoms with Gasteiger partial charge in [0, 0.05) is 6.04 Å². The highest BCUT2D eigenvalue weighted by atomic mass is 14.9. The predicted molar refractivity (Wildman–Crippen MR) is 67.8 cm³/mol. The monoisotopic (exact) mass is 215 g/mol. The molecule has 1 nitrogen and oxygen atoms in total. The fourth-order valence-electron chi connectivity index (χ4n) is 3.13. The summed E-state index contributed by atoms with van der Waals surface area (Å²) in [6, 6.07) is 7.93. The van der Waals surface area contributed by atoms with Crippen LogP contribution in [0.5, 0.6) is 0 Å². The number of aryl methyl sites for hydroxylation is 2. The Labute approximate surface area is 98.3 Å². The third-order valence-electron chi connectivity index (χ3n) is 4.06. The lowest BCUT2D eigenvalue weighted by molar-refractivity contribution is 0.601. The summed E-state index contributed by atoms with van der Waals surface area (Å²) in [5.74, 6) is 0. The van der Waals surface area contributed by atoms with Gasteiger partial charge in [-0.3, -0.25) is 0 Å². The summed E-state index contributed by atoms with van der Waals surface area (Å²) in [4.78, 5) is 0. The lowest BCUT2D eigenvalue weighted by atomic mass is 9.89. The molecule has 0 aromatic heterocycles. The number of benzene rings is 1. The molecule has 1 atom stereocenters. The predicted octanol–water partition coefficient (Wildman–Crippen LogP) is 2.86. The van der Waals surface area contributed by atoms with Crippen molar-refractivity contribution in [2.75, 3.05) is 6.54 Å². The molecule has 2 aliphatic rings. The van der Waals surface area contributed by atoms with Crippen molar-refractivity contribution in [3.63, 3.8) is 0 Å². The standard InChI is InChI=1S/C15H21N/c1-2-5-14-10-12(7-8-13(14)4-1)11-15-6-3-9-16-15/h7-8,10,15-16H,1-6,9,11H2. The maximum absolute atomic E-state index is 3.59. The van der Waals surface area contributed by atoms with Gasteiger partial charge in [-0.25, -0.2) is 0 Å². The molecule has 3 rings (SSSR count). The van der Waals surface area contributed by atoms with Crippen molar-refractivity contribution in [3.05, 3.63) is 34.9 Å². The van der Waals surface area contributed by atoms with Gasteiger partial charge >= 0.3 is 0 Å². The van der Waals surface area contributed by atoms with E-state index in [1.165, 1.54) is 51.5 Å². The van der Waals surface area contributed by atoms with E-state index in [9.17, 15) is 0 Å². The van der Waals surface area contributed by atoms with Gasteiger partial charge < -0.3 is 5.32 Å². The van der Waals surface area contributed by atoms with Crippen molar-refractivity contribution >= 4 is 0 Å². The third kappa shape index (κ3) is 2.15. The van der Waals surface area contributed by atoms with Crippen molar-refractivity contribution < 1.29 is 0 Å². The van der Waals surface area contributed by atoms with Gasteiger partial charge in [-0.15, -0.1) is 0 Å². The summed E-state index contributed by atoms with van der Waals surface area (Å²) < 4.78 is 0. The van der Waals surface area contributed by atoms with Crippen molar-refractivity contribution in [2.45, 2.75) is 51.0 Å². The van der Waals surface area contributed by atoms with E-state index in [4.69, 9.17) is 0 Å². The average Bonchev–Trinajstić information content (AvgIpc) is 2.82. The maximum atomic E-state index is 3.59. The van der Waals surface area contributed by atoms with E-state index < -0.39 is 0 Å². The molecule has 0 radical (unpaired) electrons. The highest BCUT2D eigenvalue weighted by Crippen LogP contribution is 2.23. The summed E-state index contributed by atoms with van der Waals surface area (Å²) >= 11 is 0. The smallest absolute Gasteiger partial charge is 0.0108 e. The summed E-state index contributed by atoms with van der Waals surface area (Å²) in [7, 11) is 0. The SMILES string of the molecule is c1cc2c(cc1CC1CCCN1)CCCC2. The molecular formula is C15H21N. The highest BCUT2D eigenvalue weighted by Gasteiger charge is 2.15. The van der Waals surface area contributed by atoms with Crippen LogP contribution >= 0.6 is 0 Å². The first-order valence-corrected chi connectivity index (χ1v) is 6.76. The molecule has 1 heteroatoms. The fraction of sp³-hybridized carbons (Fsp3) is 0.600. The normalized spacial score (nSPS) is 24.4. The van der Waals surface area contributed by atoms with Crippen LogP contribution in [0.4, 0.5) is 0 Å². The summed E-state index contributed by atoms with van der Waals surface area (Å²) in [6.45, 7) is 1.22. The first-order valence-electron chi connectivity index (χ1n) is 6.76. The Balaban J connectivity index is 1.74. The van der Waals surface area contributed by atoms with Gasteiger partial charge in [0.15, 0.2) is 0 Å². The Morgan fingerprint density at radius 1 is 1.06 bits per heavy atom. The van der Waals surface area contributed by atoms with Crippen molar-refractivity contribution in [2.24, 2.45) is 0 Å². The highest BCUT2D eigenvalue weighted by molar-refractivity contribution is 5.34. The number of rotatable bonds is 2. The summed E-state index contributed by atoms with van der Waals surface area (Å²) in [5.41, 5.74) is 4.77. The second-order valence-electron chi connectivity index (χ2n) is 5.31. The zero-order valence-electron chi connectivity index (χ0n) is 9.97. The van der Waals surface area contributed by atoms with Gasteiger partial charge in [0.05, 0.1) is 0 Å². The lowest BCUT2D eigenvalue weighted by Crippen LogP contribution is -2.23. The van der Waals surface area contributed by atoms with E-state index in [1.807, 2.05) is 0 Å². The van der Waals surface area contributed by atoms with Crippen LogP contribution in [0.25, 0.3) is 0 Å². The molecule has 1 aromatic rings. The fourth-order valence-corrected chi connectivity index (χ4v) is 3.13. The second-order valence-corrected chi connectivity index (χ2v) is 5.31. The Morgan fingerprint density at radius 2 is 1.94 bits per heavy atom. The average molecular weight is 215 g/mol. The number of nitrogens with one attached hydrogen (secondary N) is 1. The second kappa shape index (κ2) is 4.58. The Morgan fingerprint density at radius 3 is 2.75 bits per heavy atom. The van der Waals surface area contributed by atoms with Crippen molar-refractivity contribution in [1.82, 2.24) is 5.32 Å². The third-order valence-corrected chi connectivity index (χ3v) is 4.06. The molecule has 1 aliphatic carbocycles. The van der Waals surface area contributed by atoms with Gasteiger partial charge in [-0.05, 0) is 68.2 Å². The Bertz CT molecular complexity index is 364. The molecule has 0 bridgehead atoms. The van der Waals surface area contributed by atoms with Gasteiger partial charge in [0.2, 0.25) is 0 Å². The first kappa shape index (κ1) is 10.3. The van der Waals surface area contributed by atoms with Crippen LogP contribution in [0.2, 0.25) is 0 Å². The van der Waals surface area contributed by atoms with Crippen LogP contribution in [0.3, 0.4) is 0 Å². The molecule has 1 saturated heterocycles. The van der Waals surface area contributed by atoms with E-state index in [2.05, 4.69) is 23.5 Å². The van der Waals surface area contributed by atoms with Crippen LogP contribution in [0, 0.1) is 0 Å². The number of hydrogen-bond acceptors (Lipinski definition) is 1.